The molecule has 0 unspecified atom stereocenters. The van der Waals surface area contributed by atoms with Gasteiger partial charge in [-0.15, -0.1) is 0 Å². The van der Waals surface area contributed by atoms with Crippen LogP contribution in [0.4, 0.5) is 0 Å². The first kappa shape index (κ1) is 12.5. The largest absolute Gasteiger partial charge is 0.298 e. The highest BCUT2D eigenvalue weighted by Gasteiger charge is 2.07. The molecule has 0 N–H and O–H groups in total. The molecule has 0 saturated heterocycles. The molecule has 2 aromatic heterocycles. The Morgan fingerprint density at radius 3 is 2.75 bits per heavy atom. The van der Waals surface area contributed by atoms with Gasteiger partial charge in [0.1, 0.15) is 0 Å². The van der Waals surface area contributed by atoms with Crippen LogP contribution in [0, 0.1) is 6.92 Å². The number of fused-ring (bicyclic) bond motifs is 1. The number of hydrogen-bond donors (Lipinski definition) is 0. The minimum absolute atomic E-state index is 0.650. The molecule has 0 aliphatic heterocycles. The zero-order valence-electron chi connectivity index (χ0n) is 11.3. The number of carbonyl (C=O) groups is 1. The van der Waals surface area contributed by atoms with Crippen LogP contribution in [0.15, 0.2) is 42.6 Å². The molecule has 2 heterocycles. The van der Waals surface area contributed by atoms with E-state index in [-0.39, 0.29) is 0 Å². The smallest absolute Gasteiger partial charge is 0.155 e. The van der Waals surface area contributed by atoms with Gasteiger partial charge in [0.15, 0.2) is 17.8 Å². The van der Waals surface area contributed by atoms with Crippen LogP contribution in [-0.4, -0.2) is 20.9 Å². The summed E-state index contributed by atoms with van der Waals surface area (Å²) >= 11 is 0. The van der Waals surface area contributed by atoms with Crippen LogP contribution >= 0.6 is 0 Å². The Morgan fingerprint density at radius 1 is 1.20 bits per heavy atom. The Bertz CT molecular complexity index is 747. The standard InChI is InChI=1S/C16H15N3O/c1-12-9-16-17-15(18-19(16)10-14(12)11-20)8-7-13-5-3-2-4-6-13/h2-6,9-11H,7-8H2,1H3. The molecule has 3 rings (SSSR count). The minimum atomic E-state index is 0.650. The topological polar surface area (TPSA) is 47.3 Å². The lowest BCUT2D eigenvalue weighted by molar-refractivity contribution is 0.112. The first-order valence-corrected chi connectivity index (χ1v) is 6.61. The maximum Gasteiger partial charge on any atom is 0.155 e. The zero-order chi connectivity index (χ0) is 13.9. The Balaban J connectivity index is 1.84. The first-order chi connectivity index (χ1) is 9.76. The van der Waals surface area contributed by atoms with Crippen molar-refractivity contribution < 1.29 is 4.79 Å². The highest BCUT2D eigenvalue weighted by molar-refractivity contribution is 5.77. The molecular formula is C16H15N3O. The second-order valence-electron chi connectivity index (χ2n) is 4.85. The molecule has 0 atom stereocenters. The van der Waals surface area contributed by atoms with E-state index in [4.69, 9.17) is 0 Å². The lowest BCUT2D eigenvalue weighted by Crippen LogP contribution is -1.95. The zero-order valence-corrected chi connectivity index (χ0v) is 11.3. The van der Waals surface area contributed by atoms with Crippen molar-refractivity contribution in [2.45, 2.75) is 19.8 Å². The molecule has 0 fully saturated rings. The van der Waals surface area contributed by atoms with E-state index in [1.54, 1.807) is 10.7 Å². The predicted molar refractivity (Wildman–Crippen MR) is 77.0 cm³/mol. The molecule has 0 spiro atoms. The Morgan fingerprint density at radius 2 is 2.00 bits per heavy atom. The number of benzene rings is 1. The number of carbonyl (C=O) groups excluding carboxylic acids is 1. The molecule has 1 aromatic carbocycles. The highest BCUT2D eigenvalue weighted by atomic mass is 16.1. The van der Waals surface area contributed by atoms with Crippen LogP contribution < -0.4 is 0 Å². The van der Waals surface area contributed by atoms with Gasteiger partial charge in [0.05, 0.1) is 0 Å². The van der Waals surface area contributed by atoms with Gasteiger partial charge in [-0.05, 0) is 30.5 Å². The van der Waals surface area contributed by atoms with Crippen molar-refractivity contribution in [2.75, 3.05) is 0 Å². The average Bonchev–Trinajstić information content (AvgIpc) is 2.87. The van der Waals surface area contributed by atoms with Crippen LogP contribution in [0.25, 0.3) is 5.65 Å². The third kappa shape index (κ3) is 2.45. The maximum atomic E-state index is 10.9. The van der Waals surface area contributed by atoms with Gasteiger partial charge in [-0.1, -0.05) is 30.3 Å². The van der Waals surface area contributed by atoms with Crippen molar-refractivity contribution in [2.24, 2.45) is 0 Å². The fourth-order valence-electron chi connectivity index (χ4n) is 2.22. The molecule has 4 nitrogen and oxygen atoms in total. The molecule has 100 valence electrons. The summed E-state index contributed by atoms with van der Waals surface area (Å²) in [5.41, 5.74) is 3.64. The van der Waals surface area contributed by atoms with E-state index in [1.807, 2.05) is 31.2 Å². The third-order valence-electron chi connectivity index (χ3n) is 3.37. The summed E-state index contributed by atoms with van der Waals surface area (Å²) in [5, 5.41) is 4.42. The Kier molecular flexibility index (Phi) is 3.29. The maximum absolute atomic E-state index is 10.9. The van der Waals surface area contributed by atoms with E-state index in [2.05, 4.69) is 22.2 Å². The summed E-state index contributed by atoms with van der Waals surface area (Å²) in [6, 6.07) is 12.2. The monoisotopic (exact) mass is 265 g/mol. The predicted octanol–water partition coefficient (Wildman–Crippen LogP) is 2.64. The van der Waals surface area contributed by atoms with Gasteiger partial charge in [0.2, 0.25) is 0 Å². The van der Waals surface area contributed by atoms with Crippen molar-refractivity contribution in [1.29, 1.82) is 0 Å². The Hall–Kier alpha value is -2.49. The lowest BCUT2D eigenvalue weighted by atomic mass is 10.1. The van der Waals surface area contributed by atoms with Crippen molar-refractivity contribution >= 4 is 11.9 Å². The number of hydrogen-bond acceptors (Lipinski definition) is 3. The molecular weight excluding hydrogens is 250 g/mol. The van der Waals surface area contributed by atoms with Crippen molar-refractivity contribution in [3.63, 3.8) is 0 Å². The molecule has 0 aliphatic carbocycles. The Labute approximate surface area is 117 Å². The first-order valence-electron chi connectivity index (χ1n) is 6.61. The van der Waals surface area contributed by atoms with E-state index in [1.165, 1.54) is 5.56 Å². The van der Waals surface area contributed by atoms with Crippen LogP contribution in [0.5, 0.6) is 0 Å². The molecule has 4 heteroatoms. The molecule has 0 radical (unpaired) electrons. The fourth-order valence-corrected chi connectivity index (χ4v) is 2.22. The number of aldehydes is 1. The van der Waals surface area contributed by atoms with Crippen molar-refractivity contribution in [1.82, 2.24) is 14.6 Å². The average molecular weight is 265 g/mol. The summed E-state index contributed by atoms with van der Waals surface area (Å²) in [4.78, 5) is 15.4. The van der Waals surface area contributed by atoms with Crippen molar-refractivity contribution in [3.8, 4) is 0 Å². The number of rotatable bonds is 4. The number of nitrogens with zero attached hydrogens (tertiary/aromatic N) is 3. The highest BCUT2D eigenvalue weighted by Crippen LogP contribution is 2.11. The van der Waals surface area contributed by atoms with Crippen LogP contribution in [-0.2, 0) is 12.8 Å². The SMILES string of the molecule is Cc1cc2nc(CCc3ccccc3)nn2cc1C=O. The van der Waals surface area contributed by atoms with E-state index >= 15 is 0 Å². The second kappa shape index (κ2) is 5.25. The number of aryl methyl sites for hydroxylation is 3. The van der Waals surface area contributed by atoms with E-state index in [9.17, 15) is 4.79 Å². The van der Waals surface area contributed by atoms with Gasteiger partial charge in [0, 0.05) is 18.2 Å². The van der Waals surface area contributed by atoms with Gasteiger partial charge in [-0.25, -0.2) is 9.50 Å². The summed E-state index contributed by atoms with van der Waals surface area (Å²) in [6.45, 7) is 1.90. The molecule has 3 aromatic rings. The fraction of sp³-hybridized carbons (Fsp3) is 0.188. The quantitative estimate of drug-likeness (QED) is 0.681. The van der Waals surface area contributed by atoms with Gasteiger partial charge in [-0.3, -0.25) is 4.79 Å². The molecule has 20 heavy (non-hydrogen) atoms. The van der Waals surface area contributed by atoms with Gasteiger partial charge in [0.25, 0.3) is 0 Å². The third-order valence-corrected chi connectivity index (χ3v) is 3.37. The molecule has 0 aliphatic rings. The number of pyridine rings is 1. The van der Waals surface area contributed by atoms with Gasteiger partial charge in [-0.2, -0.15) is 5.10 Å². The van der Waals surface area contributed by atoms with Crippen LogP contribution in [0.2, 0.25) is 0 Å². The molecule has 0 amide bonds. The summed E-state index contributed by atoms with van der Waals surface area (Å²) in [5.74, 6) is 0.802. The summed E-state index contributed by atoms with van der Waals surface area (Å²) in [7, 11) is 0. The number of aromatic nitrogens is 3. The minimum Gasteiger partial charge on any atom is -0.298 e. The van der Waals surface area contributed by atoms with E-state index in [0.717, 1.165) is 36.2 Å². The molecule has 0 saturated carbocycles. The lowest BCUT2D eigenvalue weighted by Gasteiger charge is -1.97. The normalized spacial score (nSPS) is 10.8. The van der Waals surface area contributed by atoms with Crippen LogP contribution in [0.1, 0.15) is 27.3 Å². The van der Waals surface area contributed by atoms with Gasteiger partial charge < -0.3 is 0 Å². The van der Waals surface area contributed by atoms with Crippen molar-refractivity contribution in [3.05, 3.63) is 65.1 Å². The van der Waals surface area contributed by atoms with E-state index < -0.39 is 0 Å². The van der Waals surface area contributed by atoms with E-state index in [0.29, 0.717) is 5.56 Å². The van der Waals surface area contributed by atoms with Gasteiger partial charge >= 0.3 is 0 Å². The second-order valence-corrected chi connectivity index (χ2v) is 4.85. The van der Waals surface area contributed by atoms with Crippen LogP contribution in [0.3, 0.4) is 0 Å². The summed E-state index contributed by atoms with van der Waals surface area (Å²) < 4.78 is 1.68. The molecule has 0 bridgehead atoms. The summed E-state index contributed by atoms with van der Waals surface area (Å²) in [6.07, 6.45) is 4.29.